The van der Waals surface area contributed by atoms with E-state index in [0.717, 1.165) is 31.7 Å². The standard InChI is InChI=1S/C17H17N5O2/c18-12-14-5-3-7-19-17(14)21-10-8-20(9-11-21)13-15-4-1-2-6-16(15)22(23)24/h1-7H,8-11,13H2. The number of nitro groups is 1. The Bertz CT molecular complexity index is 779. The molecule has 0 unspecified atom stereocenters. The van der Waals surface area contributed by atoms with Crippen LogP contribution in [0.3, 0.4) is 0 Å². The first-order chi connectivity index (χ1) is 11.7. The summed E-state index contributed by atoms with van der Waals surface area (Å²) in [6.45, 7) is 3.58. The molecule has 7 nitrogen and oxygen atoms in total. The van der Waals surface area contributed by atoms with Crippen LogP contribution >= 0.6 is 0 Å². The van der Waals surface area contributed by atoms with Crippen molar-refractivity contribution in [2.75, 3.05) is 31.1 Å². The van der Waals surface area contributed by atoms with Gasteiger partial charge in [0.25, 0.3) is 5.69 Å². The predicted octanol–water partition coefficient (Wildman–Crippen LogP) is 2.18. The number of anilines is 1. The second kappa shape index (κ2) is 7.06. The summed E-state index contributed by atoms with van der Waals surface area (Å²) in [5.41, 5.74) is 1.47. The van der Waals surface area contributed by atoms with Crippen LogP contribution in [0.5, 0.6) is 0 Å². The van der Waals surface area contributed by atoms with Crippen molar-refractivity contribution in [2.24, 2.45) is 0 Å². The van der Waals surface area contributed by atoms with Gasteiger partial charge in [-0.3, -0.25) is 15.0 Å². The summed E-state index contributed by atoms with van der Waals surface area (Å²) >= 11 is 0. The lowest BCUT2D eigenvalue weighted by molar-refractivity contribution is -0.385. The lowest BCUT2D eigenvalue weighted by Gasteiger charge is -2.35. The van der Waals surface area contributed by atoms with Crippen LogP contribution in [0.4, 0.5) is 11.5 Å². The molecule has 1 saturated heterocycles. The Morgan fingerprint density at radius 1 is 1.17 bits per heavy atom. The minimum atomic E-state index is -0.335. The van der Waals surface area contributed by atoms with Gasteiger partial charge < -0.3 is 4.90 Å². The molecule has 0 N–H and O–H groups in total. The molecule has 3 rings (SSSR count). The van der Waals surface area contributed by atoms with Gasteiger partial charge in [-0.15, -0.1) is 0 Å². The molecule has 122 valence electrons. The van der Waals surface area contributed by atoms with E-state index in [1.54, 1.807) is 36.5 Å². The highest BCUT2D eigenvalue weighted by Crippen LogP contribution is 2.22. The number of nitro benzene ring substituents is 1. The van der Waals surface area contributed by atoms with E-state index < -0.39 is 0 Å². The molecule has 0 spiro atoms. The molecule has 1 aliphatic heterocycles. The van der Waals surface area contributed by atoms with Crippen molar-refractivity contribution in [1.29, 1.82) is 5.26 Å². The zero-order chi connectivity index (χ0) is 16.9. The van der Waals surface area contributed by atoms with E-state index in [2.05, 4.69) is 20.9 Å². The van der Waals surface area contributed by atoms with Gasteiger partial charge in [0.1, 0.15) is 11.9 Å². The molecular formula is C17H17N5O2. The number of nitrogens with zero attached hydrogens (tertiary/aromatic N) is 5. The molecule has 0 bridgehead atoms. The van der Waals surface area contributed by atoms with Crippen molar-refractivity contribution in [3.05, 3.63) is 63.8 Å². The SMILES string of the molecule is N#Cc1cccnc1N1CCN(Cc2ccccc2[N+](=O)[O-])CC1. The summed E-state index contributed by atoms with van der Waals surface area (Å²) in [5, 5.41) is 20.3. The highest BCUT2D eigenvalue weighted by atomic mass is 16.6. The van der Waals surface area contributed by atoms with E-state index in [0.29, 0.717) is 17.9 Å². The van der Waals surface area contributed by atoms with Gasteiger partial charge in [0.2, 0.25) is 0 Å². The number of pyridine rings is 1. The molecule has 2 aromatic rings. The Morgan fingerprint density at radius 2 is 1.92 bits per heavy atom. The fraction of sp³-hybridized carbons (Fsp3) is 0.294. The van der Waals surface area contributed by atoms with Crippen LogP contribution < -0.4 is 4.90 Å². The molecule has 0 atom stereocenters. The number of rotatable bonds is 4. The lowest BCUT2D eigenvalue weighted by atomic mass is 10.1. The Morgan fingerprint density at radius 3 is 2.62 bits per heavy atom. The molecule has 7 heteroatoms. The zero-order valence-corrected chi connectivity index (χ0v) is 13.1. The summed E-state index contributed by atoms with van der Waals surface area (Å²) in [6.07, 6.45) is 1.69. The molecule has 0 radical (unpaired) electrons. The molecule has 1 aromatic heterocycles. The van der Waals surface area contributed by atoms with Gasteiger partial charge in [-0.1, -0.05) is 18.2 Å². The van der Waals surface area contributed by atoms with Crippen LogP contribution in [0, 0.1) is 21.4 Å². The quantitative estimate of drug-likeness (QED) is 0.633. The van der Waals surface area contributed by atoms with Crippen molar-refractivity contribution < 1.29 is 4.92 Å². The maximum absolute atomic E-state index is 11.1. The Balaban J connectivity index is 1.66. The predicted molar refractivity (Wildman–Crippen MR) is 89.5 cm³/mol. The van der Waals surface area contributed by atoms with Gasteiger partial charge in [0.15, 0.2) is 0 Å². The number of benzene rings is 1. The molecule has 0 amide bonds. The van der Waals surface area contributed by atoms with Gasteiger partial charge in [0, 0.05) is 50.6 Å². The third kappa shape index (κ3) is 3.34. The summed E-state index contributed by atoms with van der Waals surface area (Å²) < 4.78 is 0. The highest BCUT2D eigenvalue weighted by Gasteiger charge is 2.22. The average Bonchev–Trinajstić information content (AvgIpc) is 2.62. The van der Waals surface area contributed by atoms with Crippen LogP contribution in [-0.4, -0.2) is 41.0 Å². The van der Waals surface area contributed by atoms with Gasteiger partial charge in [-0.2, -0.15) is 5.26 Å². The van der Waals surface area contributed by atoms with E-state index in [-0.39, 0.29) is 10.6 Å². The number of nitriles is 1. The molecular weight excluding hydrogens is 306 g/mol. The van der Waals surface area contributed by atoms with E-state index in [1.165, 1.54) is 0 Å². The molecule has 0 aliphatic carbocycles. The van der Waals surface area contributed by atoms with Gasteiger partial charge in [-0.25, -0.2) is 4.98 Å². The first-order valence-corrected chi connectivity index (χ1v) is 7.74. The summed E-state index contributed by atoms with van der Waals surface area (Å²) in [5.74, 6) is 0.713. The zero-order valence-electron chi connectivity index (χ0n) is 13.1. The molecule has 0 saturated carbocycles. The van der Waals surface area contributed by atoms with Gasteiger partial charge in [0.05, 0.1) is 10.5 Å². The fourth-order valence-electron chi connectivity index (χ4n) is 2.92. The third-order valence-electron chi connectivity index (χ3n) is 4.16. The Kier molecular flexibility index (Phi) is 4.68. The minimum Gasteiger partial charge on any atom is -0.353 e. The first-order valence-electron chi connectivity index (χ1n) is 7.74. The summed E-state index contributed by atoms with van der Waals surface area (Å²) in [7, 11) is 0. The van der Waals surface area contributed by atoms with Crippen LogP contribution in [0.25, 0.3) is 0 Å². The van der Waals surface area contributed by atoms with E-state index in [4.69, 9.17) is 0 Å². The van der Waals surface area contributed by atoms with Crippen LogP contribution in [0.1, 0.15) is 11.1 Å². The van der Waals surface area contributed by atoms with Crippen molar-refractivity contribution in [1.82, 2.24) is 9.88 Å². The van der Waals surface area contributed by atoms with E-state index in [9.17, 15) is 15.4 Å². The third-order valence-corrected chi connectivity index (χ3v) is 4.16. The van der Waals surface area contributed by atoms with Crippen LogP contribution in [-0.2, 0) is 6.54 Å². The topological polar surface area (TPSA) is 86.3 Å². The van der Waals surface area contributed by atoms with E-state index in [1.807, 2.05) is 6.07 Å². The monoisotopic (exact) mass is 323 g/mol. The number of piperazine rings is 1. The van der Waals surface area contributed by atoms with Crippen molar-refractivity contribution in [2.45, 2.75) is 6.54 Å². The number of hydrogen-bond acceptors (Lipinski definition) is 6. The summed E-state index contributed by atoms with van der Waals surface area (Å²) in [4.78, 5) is 19.4. The van der Waals surface area contributed by atoms with Crippen molar-refractivity contribution >= 4 is 11.5 Å². The number of aromatic nitrogens is 1. The molecule has 2 heterocycles. The highest BCUT2D eigenvalue weighted by molar-refractivity contribution is 5.53. The normalized spacial score (nSPS) is 15.0. The average molecular weight is 323 g/mol. The van der Waals surface area contributed by atoms with Gasteiger partial charge in [-0.05, 0) is 12.1 Å². The fourth-order valence-corrected chi connectivity index (χ4v) is 2.92. The second-order valence-electron chi connectivity index (χ2n) is 5.64. The molecule has 1 aromatic carbocycles. The minimum absolute atomic E-state index is 0.163. The van der Waals surface area contributed by atoms with Crippen molar-refractivity contribution in [3.63, 3.8) is 0 Å². The number of hydrogen-bond donors (Lipinski definition) is 0. The van der Waals surface area contributed by atoms with Crippen LogP contribution in [0.2, 0.25) is 0 Å². The first kappa shape index (κ1) is 15.9. The maximum Gasteiger partial charge on any atom is 0.273 e. The van der Waals surface area contributed by atoms with Crippen LogP contribution in [0.15, 0.2) is 42.6 Å². The number of para-hydroxylation sites is 1. The van der Waals surface area contributed by atoms with E-state index >= 15 is 0 Å². The Labute approximate surface area is 139 Å². The van der Waals surface area contributed by atoms with Crippen molar-refractivity contribution in [3.8, 4) is 6.07 Å². The molecule has 1 aliphatic rings. The summed E-state index contributed by atoms with van der Waals surface area (Å²) in [6, 6.07) is 12.5. The lowest BCUT2D eigenvalue weighted by Crippen LogP contribution is -2.46. The molecule has 1 fully saturated rings. The maximum atomic E-state index is 11.1. The largest absolute Gasteiger partial charge is 0.353 e. The smallest absolute Gasteiger partial charge is 0.273 e. The second-order valence-corrected chi connectivity index (χ2v) is 5.64. The Hall–Kier alpha value is -2.98. The molecule has 24 heavy (non-hydrogen) atoms. The van der Waals surface area contributed by atoms with Gasteiger partial charge >= 0.3 is 0 Å².